The van der Waals surface area contributed by atoms with E-state index in [0.717, 1.165) is 0 Å². The van der Waals surface area contributed by atoms with E-state index in [4.69, 9.17) is 91.7 Å². The molecular weight excluding hydrogens is 1210 g/mol. The van der Waals surface area contributed by atoms with Crippen molar-refractivity contribution in [3.63, 3.8) is 0 Å². The zero-order valence-corrected chi connectivity index (χ0v) is 58.4. The van der Waals surface area contributed by atoms with E-state index in [1.54, 1.807) is 0 Å². The molecule has 516 valence electrons. The average Bonchev–Trinajstić information content (AvgIpc) is 3.13. The summed E-state index contributed by atoms with van der Waals surface area (Å²) in [6, 6.07) is -0.204. The van der Waals surface area contributed by atoms with Crippen molar-refractivity contribution in [1.29, 1.82) is 0 Å². The first-order valence-corrected chi connectivity index (χ1v) is 35.8. The number of ether oxygens (including phenoxy) is 10. The molecule has 25 nitrogen and oxygen atoms in total. The zero-order chi connectivity index (χ0) is 66.6. The van der Waals surface area contributed by atoms with E-state index in [0.29, 0.717) is 51.6 Å². The highest BCUT2D eigenvalue weighted by atomic mass is 31.2. The summed E-state index contributed by atoms with van der Waals surface area (Å²) in [6.45, 7) is 46.4. The molecule has 2 aliphatic carbocycles. The molecule has 6 N–H and O–H groups in total. The van der Waals surface area contributed by atoms with Gasteiger partial charge in [-0.05, 0) is 142 Å². The maximum absolute atomic E-state index is 12.7. The molecular formula is C60H111N3O22P3-3. The van der Waals surface area contributed by atoms with Crippen molar-refractivity contribution in [3.8, 4) is 0 Å². The summed E-state index contributed by atoms with van der Waals surface area (Å²) in [5.41, 5.74) is 16.7. The van der Waals surface area contributed by atoms with Crippen LogP contribution in [0.2, 0.25) is 0 Å². The van der Waals surface area contributed by atoms with Crippen LogP contribution in [0.4, 0.5) is 0 Å². The highest BCUT2D eigenvalue weighted by Gasteiger charge is 2.51. The van der Waals surface area contributed by atoms with Gasteiger partial charge in [-0.1, -0.05) is 33.6 Å². The fourth-order valence-electron chi connectivity index (χ4n) is 11.9. The van der Waals surface area contributed by atoms with Gasteiger partial charge in [-0.2, -0.15) is 0 Å². The van der Waals surface area contributed by atoms with E-state index in [1.807, 2.05) is 125 Å². The predicted molar refractivity (Wildman–Crippen MR) is 326 cm³/mol. The molecule has 4 saturated heterocycles. The first-order chi connectivity index (χ1) is 40.6. The van der Waals surface area contributed by atoms with E-state index < -0.39 is 71.2 Å². The molecule has 0 amide bonds. The van der Waals surface area contributed by atoms with Gasteiger partial charge in [0.05, 0.1) is 117 Å². The quantitative estimate of drug-likeness (QED) is 0.0438. The molecule has 4 aliphatic heterocycles. The Labute approximate surface area is 525 Å². The van der Waals surface area contributed by atoms with Crippen LogP contribution in [0.25, 0.3) is 0 Å². The molecule has 4 heterocycles. The van der Waals surface area contributed by atoms with Gasteiger partial charge in [0.15, 0.2) is 0 Å². The number of phosphoric acid groups is 3. The molecule has 0 aromatic carbocycles. The molecule has 0 bridgehead atoms. The molecule has 0 radical (unpaired) electrons. The summed E-state index contributed by atoms with van der Waals surface area (Å²) in [5.74, 6) is -0.0221. The van der Waals surface area contributed by atoms with Gasteiger partial charge < -0.3 is 106 Å². The van der Waals surface area contributed by atoms with Crippen LogP contribution in [-0.2, 0) is 88.2 Å². The molecule has 0 aromatic rings. The maximum atomic E-state index is 12.7. The molecule has 88 heavy (non-hydrogen) atoms. The number of nitrogens with two attached hydrogens (primary N) is 3. The third kappa shape index (κ3) is 24.7. The Bertz CT molecular complexity index is 2340. The van der Waals surface area contributed by atoms with Crippen LogP contribution in [0.3, 0.4) is 0 Å². The molecule has 22 atom stereocenters. The summed E-state index contributed by atoms with van der Waals surface area (Å²) in [6.07, 6.45) is -1.96. The van der Waals surface area contributed by atoms with E-state index in [9.17, 15) is 28.4 Å². The second-order valence-corrected chi connectivity index (χ2v) is 30.5. The van der Waals surface area contributed by atoms with E-state index in [2.05, 4.69) is 19.7 Å². The largest absolute Gasteiger partial charge is 0.746 e. The van der Waals surface area contributed by atoms with Crippen LogP contribution >= 0.6 is 23.5 Å². The first-order valence-electron chi connectivity index (χ1n) is 31.4. The summed E-state index contributed by atoms with van der Waals surface area (Å²) in [5, 5.41) is 0. The summed E-state index contributed by atoms with van der Waals surface area (Å²) in [7, 11) is -14.1. The third-order valence-electron chi connectivity index (χ3n) is 15.7. The average molecular weight is 1320 g/mol. The van der Waals surface area contributed by atoms with Gasteiger partial charge in [-0.15, -0.1) is 0 Å². The van der Waals surface area contributed by atoms with Crippen LogP contribution in [0.1, 0.15) is 170 Å². The number of hydrogen-bond acceptors (Lipinski definition) is 25. The predicted octanol–water partition coefficient (Wildman–Crippen LogP) is 7.92. The van der Waals surface area contributed by atoms with Gasteiger partial charge in [0, 0.05) is 44.2 Å². The molecule has 0 aromatic heterocycles. The standard InChI is InChI=1S/C20H38NO8P.2C20H38NO7P/c1-12(2)24-11-20(10-21)18(9-15(6)27-20)29-30(22,23)28-16(7)19-17(25-13(3)4)8-14(5)26-19;1-12(2)24-11-20(21)10-14(5)8-18(20)28-29(22,23)27-16(7)19-17(25-13(3)4)9-15(6)26-19;1-11(2)24-10-16-17(8-13(5)19(16)21)28-29(22,23)27-15(7)20-18(25-12(3)4)9-14(6)26-20/h12-15,17-19H,7-11,21H2,1-6H3,(H,22,23);12-15,17-19H,7-11,21H2,1-6H3,(H,22,23);11-14,16-20H,7-10,21H2,1-6H3,(H,22,23)/p-3/t14-,15-,17?,18+,19+,20+;14-,15-,17?,18+,19+,20-;13-,14-,16+,17+,18?,19?,20+/m000/s1. The van der Waals surface area contributed by atoms with Crippen molar-refractivity contribution in [3.05, 3.63) is 37.0 Å². The van der Waals surface area contributed by atoms with Crippen LogP contribution in [0.5, 0.6) is 0 Å². The fraction of sp³-hybridized carbons (Fsp3) is 0.900. The Balaban J connectivity index is 0.000000282. The van der Waals surface area contributed by atoms with Gasteiger partial charge in [0.2, 0.25) is 0 Å². The molecule has 2 saturated carbocycles. The second kappa shape index (κ2) is 34.3. The van der Waals surface area contributed by atoms with Crippen LogP contribution in [-0.4, -0.2) is 160 Å². The van der Waals surface area contributed by atoms with Gasteiger partial charge in [0.1, 0.15) is 47.3 Å². The van der Waals surface area contributed by atoms with Gasteiger partial charge in [-0.25, -0.2) is 0 Å². The Hall–Kier alpha value is -1.45. The lowest BCUT2D eigenvalue weighted by Crippen LogP contribution is -2.52. The zero-order valence-electron chi connectivity index (χ0n) is 55.7. The van der Waals surface area contributed by atoms with E-state index in [-0.39, 0.29) is 140 Å². The maximum Gasteiger partial charge on any atom is 0.319 e. The van der Waals surface area contributed by atoms with Crippen molar-refractivity contribution in [2.75, 3.05) is 26.4 Å². The SMILES string of the molecule is C=C(OP(=O)([O-])O[C@@H]1C[C@H](C)C(N)[C@@H]1COC(C)C)[C@H]1O[C@@H](C)CC1OC(C)C.C=C(OP(=O)([O-])O[C@@H]1C[C@H](C)C[C@]1(N)COC(C)C)[C@H]1O[C@@H](C)CC1OC(C)C.C=C(OP(=O)([O-])O[C@@H]1C[C@H](C)O[C@]1(CN)COC(C)C)[C@H]1O[C@@H](C)CC1OC(C)C. The summed E-state index contributed by atoms with van der Waals surface area (Å²) >= 11 is 0. The Kier molecular flexibility index (Phi) is 30.8. The minimum Gasteiger partial charge on any atom is -0.746 e. The molecule has 6 rings (SSSR count). The van der Waals surface area contributed by atoms with E-state index >= 15 is 0 Å². The van der Waals surface area contributed by atoms with Crippen LogP contribution in [0, 0.1) is 17.8 Å². The van der Waals surface area contributed by atoms with Crippen LogP contribution < -0.4 is 31.9 Å². The van der Waals surface area contributed by atoms with Crippen LogP contribution in [0.15, 0.2) is 37.0 Å². The Morgan fingerprint density at radius 3 is 1.30 bits per heavy atom. The summed E-state index contributed by atoms with van der Waals surface area (Å²) in [4.78, 5) is 37.9. The monoisotopic (exact) mass is 1320 g/mol. The van der Waals surface area contributed by atoms with Crippen molar-refractivity contribution in [2.45, 2.75) is 303 Å². The topological polar surface area (TPSA) is 346 Å². The normalized spacial score (nSPS) is 37.0. The second-order valence-electron chi connectivity index (χ2n) is 26.6. The number of rotatable bonds is 31. The van der Waals surface area contributed by atoms with Gasteiger partial charge in [-0.3, -0.25) is 13.7 Å². The minimum absolute atomic E-state index is 0.0125. The van der Waals surface area contributed by atoms with Crippen molar-refractivity contribution in [2.24, 2.45) is 35.0 Å². The Morgan fingerprint density at radius 1 is 0.523 bits per heavy atom. The minimum atomic E-state index is -4.77. The van der Waals surface area contributed by atoms with Crippen molar-refractivity contribution >= 4 is 23.5 Å². The lowest BCUT2D eigenvalue weighted by atomic mass is 9.97. The molecule has 6 aliphatic rings. The van der Waals surface area contributed by atoms with Gasteiger partial charge in [0.25, 0.3) is 0 Å². The van der Waals surface area contributed by atoms with Crippen molar-refractivity contribution in [1.82, 2.24) is 0 Å². The lowest BCUT2D eigenvalue weighted by molar-refractivity contribution is -0.234. The summed E-state index contributed by atoms with van der Waals surface area (Å²) < 4.78 is 127. The lowest BCUT2D eigenvalue weighted by Gasteiger charge is -2.37. The molecule has 7 unspecified atom stereocenters. The first kappa shape index (κ1) is 79.0. The fourth-order valence-corrected chi connectivity index (χ4v) is 15.0. The number of hydrogen-bond donors (Lipinski definition) is 3. The van der Waals surface area contributed by atoms with Crippen molar-refractivity contribution < 1.29 is 103 Å². The number of phosphoric ester groups is 3. The van der Waals surface area contributed by atoms with Gasteiger partial charge >= 0.3 is 23.5 Å². The third-order valence-corrected chi connectivity index (χ3v) is 18.6. The molecule has 0 spiro atoms. The Morgan fingerprint density at radius 2 is 0.909 bits per heavy atom. The highest BCUT2D eigenvalue weighted by Crippen LogP contribution is 2.52. The molecule has 28 heteroatoms. The highest BCUT2D eigenvalue weighted by molar-refractivity contribution is 7.46. The molecule has 6 fully saturated rings. The smallest absolute Gasteiger partial charge is 0.319 e. The van der Waals surface area contributed by atoms with E-state index in [1.165, 1.54) is 0 Å².